The SMILES string of the molecule is COc1ccccc1CN(C)C(=O)COC(=O)c1cc(=O)c2cc(Cl)ccc2o1. The molecule has 0 saturated heterocycles. The van der Waals surface area contributed by atoms with Crippen molar-refractivity contribution in [2.24, 2.45) is 0 Å². The van der Waals surface area contributed by atoms with Gasteiger partial charge in [-0.15, -0.1) is 0 Å². The van der Waals surface area contributed by atoms with Gasteiger partial charge in [0.1, 0.15) is 11.3 Å². The average molecular weight is 416 g/mol. The van der Waals surface area contributed by atoms with Crippen LogP contribution in [0.15, 0.2) is 57.7 Å². The second kappa shape index (κ2) is 8.79. The number of rotatable bonds is 6. The minimum atomic E-state index is -0.905. The third-order valence-electron chi connectivity index (χ3n) is 4.24. The number of amides is 1. The minimum absolute atomic E-state index is 0.202. The predicted octanol–water partition coefficient (Wildman–Crippen LogP) is 3.27. The van der Waals surface area contributed by atoms with Crippen molar-refractivity contribution in [3.05, 3.63) is 75.1 Å². The lowest BCUT2D eigenvalue weighted by Crippen LogP contribution is -2.31. The lowest BCUT2D eigenvalue weighted by molar-refractivity contribution is -0.133. The molecule has 0 bridgehead atoms. The number of methoxy groups -OCH3 is 1. The van der Waals surface area contributed by atoms with Gasteiger partial charge in [-0.05, 0) is 24.3 Å². The molecule has 0 fully saturated rings. The number of hydrogen-bond acceptors (Lipinski definition) is 6. The number of halogens is 1. The number of likely N-dealkylation sites (N-methyl/N-ethyl adjacent to an activating group) is 1. The first-order chi connectivity index (χ1) is 13.9. The fourth-order valence-corrected chi connectivity index (χ4v) is 2.89. The number of benzene rings is 2. The smallest absolute Gasteiger partial charge is 0.374 e. The summed E-state index contributed by atoms with van der Waals surface area (Å²) in [5, 5.41) is 0.630. The molecule has 0 atom stereocenters. The summed E-state index contributed by atoms with van der Waals surface area (Å²) in [5.41, 5.74) is 0.588. The molecule has 2 aromatic carbocycles. The van der Waals surface area contributed by atoms with E-state index in [0.29, 0.717) is 10.8 Å². The van der Waals surface area contributed by atoms with E-state index in [2.05, 4.69) is 0 Å². The van der Waals surface area contributed by atoms with Crippen molar-refractivity contribution in [2.45, 2.75) is 6.54 Å². The molecule has 0 saturated carbocycles. The molecule has 1 amide bonds. The summed E-state index contributed by atoms with van der Waals surface area (Å²) >= 11 is 5.86. The van der Waals surface area contributed by atoms with Crippen molar-refractivity contribution < 1.29 is 23.5 Å². The molecule has 8 heteroatoms. The van der Waals surface area contributed by atoms with Gasteiger partial charge >= 0.3 is 5.97 Å². The van der Waals surface area contributed by atoms with Crippen LogP contribution >= 0.6 is 11.6 Å². The van der Waals surface area contributed by atoms with Crippen molar-refractivity contribution in [3.63, 3.8) is 0 Å². The van der Waals surface area contributed by atoms with Crippen LogP contribution in [0.3, 0.4) is 0 Å². The van der Waals surface area contributed by atoms with Gasteiger partial charge in [0.15, 0.2) is 12.0 Å². The zero-order valence-electron chi connectivity index (χ0n) is 15.8. The highest BCUT2D eigenvalue weighted by Crippen LogP contribution is 2.19. The van der Waals surface area contributed by atoms with Gasteiger partial charge in [0.2, 0.25) is 5.76 Å². The van der Waals surface area contributed by atoms with Crippen molar-refractivity contribution in [3.8, 4) is 5.75 Å². The molecule has 0 aliphatic carbocycles. The number of ether oxygens (including phenoxy) is 2. The molecule has 0 spiro atoms. The lowest BCUT2D eigenvalue weighted by Gasteiger charge is -2.18. The van der Waals surface area contributed by atoms with Crippen LogP contribution in [0.1, 0.15) is 16.1 Å². The molecule has 150 valence electrons. The zero-order valence-corrected chi connectivity index (χ0v) is 16.6. The van der Waals surface area contributed by atoms with Gasteiger partial charge in [-0.1, -0.05) is 29.8 Å². The van der Waals surface area contributed by atoms with Gasteiger partial charge in [-0.3, -0.25) is 9.59 Å². The molecule has 1 aromatic heterocycles. The topological polar surface area (TPSA) is 86.0 Å². The van der Waals surface area contributed by atoms with Crippen LogP contribution < -0.4 is 10.2 Å². The second-order valence-corrected chi connectivity index (χ2v) is 6.69. The van der Waals surface area contributed by atoms with E-state index >= 15 is 0 Å². The molecule has 29 heavy (non-hydrogen) atoms. The Morgan fingerprint density at radius 3 is 2.66 bits per heavy atom. The average Bonchev–Trinajstić information content (AvgIpc) is 2.72. The molecule has 0 aliphatic rings. The van der Waals surface area contributed by atoms with Crippen molar-refractivity contribution in [1.82, 2.24) is 4.90 Å². The number of para-hydroxylation sites is 1. The quantitative estimate of drug-likeness (QED) is 0.574. The molecular formula is C21H18ClNO6. The van der Waals surface area contributed by atoms with E-state index in [1.54, 1.807) is 20.2 Å². The molecule has 0 aliphatic heterocycles. The van der Waals surface area contributed by atoms with E-state index in [4.69, 9.17) is 25.5 Å². The van der Waals surface area contributed by atoms with Crippen LogP contribution in [0.4, 0.5) is 0 Å². The Labute approximate surface area is 171 Å². The summed E-state index contributed by atoms with van der Waals surface area (Å²) < 4.78 is 15.7. The minimum Gasteiger partial charge on any atom is -0.496 e. The summed E-state index contributed by atoms with van der Waals surface area (Å²) in [6.45, 7) is -0.209. The van der Waals surface area contributed by atoms with E-state index < -0.39 is 23.9 Å². The van der Waals surface area contributed by atoms with E-state index in [1.165, 1.54) is 23.1 Å². The first-order valence-electron chi connectivity index (χ1n) is 8.65. The first-order valence-corrected chi connectivity index (χ1v) is 9.03. The second-order valence-electron chi connectivity index (χ2n) is 6.25. The first kappa shape index (κ1) is 20.4. The van der Waals surface area contributed by atoms with Gasteiger partial charge in [0, 0.05) is 30.2 Å². The standard InChI is InChI=1S/C21H18ClNO6/c1-23(11-13-5-3-4-6-17(13)27-2)20(25)12-28-21(26)19-10-16(24)15-9-14(22)7-8-18(15)29-19/h3-10H,11-12H2,1-2H3. The Balaban J connectivity index is 1.65. The Morgan fingerprint density at radius 1 is 1.14 bits per heavy atom. The van der Waals surface area contributed by atoms with Gasteiger partial charge in [-0.2, -0.15) is 0 Å². The predicted molar refractivity (Wildman–Crippen MR) is 107 cm³/mol. The van der Waals surface area contributed by atoms with Gasteiger partial charge in [0.25, 0.3) is 5.91 Å². The Morgan fingerprint density at radius 2 is 1.90 bits per heavy atom. The summed E-state index contributed by atoms with van der Waals surface area (Å²) in [4.78, 5) is 38.1. The molecule has 0 unspecified atom stereocenters. The normalized spacial score (nSPS) is 10.6. The summed E-state index contributed by atoms with van der Waals surface area (Å²) in [7, 11) is 3.14. The molecule has 0 N–H and O–H groups in total. The summed E-state index contributed by atoms with van der Waals surface area (Å²) in [6.07, 6.45) is 0. The van der Waals surface area contributed by atoms with E-state index in [-0.39, 0.29) is 23.3 Å². The third-order valence-corrected chi connectivity index (χ3v) is 4.48. The van der Waals surface area contributed by atoms with Gasteiger partial charge in [-0.25, -0.2) is 4.79 Å². The number of esters is 1. The van der Waals surface area contributed by atoms with E-state index in [9.17, 15) is 14.4 Å². The molecular weight excluding hydrogens is 398 g/mol. The molecule has 7 nitrogen and oxygen atoms in total. The number of nitrogens with zero attached hydrogens (tertiary/aromatic N) is 1. The number of fused-ring (bicyclic) bond motifs is 1. The van der Waals surface area contributed by atoms with Crippen LogP contribution in [0.25, 0.3) is 11.0 Å². The monoisotopic (exact) mass is 415 g/mol. The fraction of sp³-hybridized carbons (Fsp3) is 0.190. The van der Waals surface area contributed by atoms with Crippen LogP contribution in [-0.2, 0) is 16.1 Å². The Kier molecular flexibility index (Phi) is 6.19. The van der Waals surface area contributed by atoms with Crippen molar-refractivity contribution in [1.29, 1.82) is 0 Å². The molecule has 1 heterocycles. The van der Waals surface area contributed by atoms with E-state index in [0.717, 1.165) is 11.6 Å². The maximum Gasteiger partial charge on any atom is 0.374 e. The molecule has 3 rings (SSSR count). The number of carbonyl (C=O) groups is 2. The maximum atomic E-state index is 12.3. The van der Waals surface area contributed by atoms with Crippen LogP contribution in [-0.4, -0.2) is 37.5 Å². The van der Waals surface area contributed by atoms with Crippen LogP contribution in [0.5, 0.6) is 5.75 Å². The number of carbonyl (C=O) groups excluding carboxylic acids is 2. The van der Waals surface area contributed by atoms with Crippen LogP contribution in [0, 0.1) is 0 Å². The number of hydrogen-bond donors (Lipinski definition) is 0. The molecule has 0 radical (unpaired) electrons. The highest BCUT2D eigenvalue weighted by Gasteiger charge is 2.18. The lowest BCUT2D eigenvalue weighted by atomic mass is 10.2. The van der Waals surface area contributed by atoms with Gasteiger partial charge < -0.3 is 18.8 Å². The van der Waals surface area contributed by atoms with Gasteiger partial charge in [0.05, 0.1) is 12.5 Å². The van der Waals surface area contributed by atoms with Crippen molar-refractivity contribution in [2.75, 3.05) is 20.8 Å². The fourth-order valence-electron chi connectivity index (χ4n) is 2.71. The van der Waals surface area contributed by atoms with E-state index in [1.807, 2.05) is 18.2 Å². The maximum absolute atomic E-state index is 12.3. The summed E-state index contributed by atoms with van der Waals surface area (Å²) in [5.74, 6) is -0.954. The highest BCUT2D eigenvalue weighted by atomic mass is 35.5. The third kappa shape index (κ3) is 4.75. The largest absolute Gasteiger partial charge is 0.496 e. The molecule has 3 aromatic rings. The van der Waals surface area contributed by atoms with Crippen LogP contribution in [0.2, 0.25) is 5.02 Å². The highest BCUT2D eigenvalue weighted by molar-refractivity contribution is 6.31. The zero-order chi connectivity index (χ0) is 21.0. The van der Waals surface area contributed by atoms with Crippen molar-refractivity contribution >= 4 is 34.4 Å². The summed E-state index contributed by atoms with van der Waals surface area (Å²) in [6, 6.07) is 12.8. The Hall–Kier alpha value is -3.32. The Bertz CT molecular complexity index is 1120.